The van der Waals surface area contributed by atoms with E-state index in [-0.39, 0.29) is 11.1 Å². The monoisotopic (exact) mass is 524 g/mol. The Bertz CT molecular complexity index is 1210. The number of rotatable bonds is 11. The fourth-order valence-electron chi connectivity index (χ4n) is 4.54. The summed E-state index contributed by atoms with van der Waals surface area (Å²) in [5, 5.41) is 13.8. The molecule has 1 unspecified atom stereocenters. The topological polar surface area (TPSA) is 102 Å². The summed E-state index contributed by atoms with van der Waals surface area (Å²) in [6, 6.07) is 9.33. The van der Waals surface area contributed by atoms with Gasteiger partial charge in [0.2, 0.25) is 5.78 Å². The van der Waals surface area contributed by atoms with E-state index in [4.69, 9.17) is 18.9 Å². The molecule has 0 bridgehead atoms. The maximum atomic E-state index is 13.8. The van der Waals surface area contributed by atoms with Crippen LogP contribution in [-0.2, 0) is 9.59 Å². The summed E-state index contributed by atoms with van der Waals surface area (Å²) in [6.45, 7) is 6.64. The van der Waals surface area contributed by atoms with Crippen LogP contribution in [0.15, 0.2) is 42.0 Å². The maximum absolute atomic E-state index is 13.8. The summed E-state index contributed by atoms with van der Waals surface area (Å²) >= 11 is 0. The number of nitrogens with one attached hydrogen (secondary N) is 1. The lowest BCUT2D eigenvalue weighted by molar-refractivity contribution is -0.857. The van der Waals surface area contributed by atoms with E-state index < -0.39 is 23.5 Å². The van der Waals surface area contributed by atoms with Gasteiger partial charge in [0.25, 0.3) is 5.91 Å². The van der Waals surface area contributed by atoms with E-state index >= 15 is 0 Å². The molecule has 204 valence electrons. The van der Waals surface area contributed by atoms with Crippen molar-refractivity contribution in [2.45, 2.75) is 32.7 Å². The minimum atomic E-state index is -0.848. The minimum absolute atomic E-state index is 0.0810. The molecule has 9 heteroatoms. The first-order valence-corrected chi connectivity index (χ1v) is 13.2. The second-order valence-electron chi connectivity index (χ2n) is 9.63. The number of likely N-dealkylation sites (tertiary alicyclic amines) is 1. The van der Waals surface area contributed by atoms with Gasteiger partial charge in [-0.2, -0.15) is 0 Å². The number of hydrogen-bond acceptors (Lipinski definition) is 7. The summed E-state index contributed by atoms with van der Waals surface area (Å²) < 4.78 is 23.0. The average molecular weight is 525 g/mol. The van der Waals surface area contributed by atoms with E-state index in [9.17, 15) is 14.7 Å². The molecule has 1 amide bonds. The molecular formula is C29H36N2O7. The largest absolute Gasteiger partial charge is 0.872 e. The maximum Gasteiger partial charge on any atom is 0.295 e. The van der Waals surface area contributed by atoms with Gasteiger partial charge in [-0.25, -0.2) is 0 Å². The zero-order chi connectivity index (χ0) is 27.2. The highest BCUT2D eigenvalue weighted by atomic mass is 16.6. The quantitative estimate of drug-likeness (QED) is 0.205. The SMILES string of the molecule is CCCCOc1ccc(C2/C(=C(\[O-])c3ccc4c(c3)OCCO4)C(=O)C(=O)N2CC[NH+](C)C)cc1OCC. The Morgan fingerprint density at radius 2 is 1.79 bits per heavy atom. The Balaban J connectivity index is 1.80. The van der Waals surface area contributed by atoms with Gasteiger partial charge < -0.3 is 33.9 Å². The second kappa shape index (κ2) is 12.2. The van der Waals surface area contributed by atoms with E-state index in [1.807, 2.05) is 21.0 Å². The summed E-state index contributed by atoms with van der Waals surface area (Å²) in [5.74, 6) is 0.102. The Morgan fingerprint density at radius 3 is 2.50 bits per heavy atom. The predicted octanol–water partition coefficient (Wildman–Crippen LogP) is 1.40. The number of ether oxygens (including phenoxy) is 4. The molecule has 1 fully saturated rings. The van der Waals surface area contributed by atoms with Gasteiger partial charge in [0.15, 0.2) is 23.0 Å². The fourth-order valence-corrected chi connectivity index (χ4v) is 4.54. The van der Waals surface area contributed by atoms with Crippen molar-refractivity contribution in [3.63, 3.8) is 0 Å². The molecule has 0 spiro atoms. The van der Waals surface area contributed by atoms with E-state index in [0.29, 0.717) is 68.1 Å². The Morgan fingerprint density at radius 1 is 1.03 bits per heavy atom. The second-order valence-corrected chi connectivity index (χ2v) is 9.63. The molecular weight excluding hydrogens is 488 g/mol. The average Bonchev–Trinajstić information content (AvgIpc) is 3.17. The first-order valence-electron chi connectivity index (χ1n) is 13.2. The van der Waals surface area contributed by atoms with Crippen LogP contribution in [-0.4, -0.2) is 70.2 Å². The molecule has 2 aromatic rings. The molecule has 0 aliphatic carbocycles. The van der Waals surface area contributed by atoms with E-state index in [1.165, 1.54) is 4.90 Å². The number of unbranched alkanes of at least 4 members (excludes halogenated alkanes) is 1. The van der Waals surface area contributed by atoms with Crippen molar-refractivity contribution in [1.29, 1.82) is 0 Å². The molecule has 38 heavy (non-hydrogen) atoms. The van der Waals surface area contributed by atoms with E-state index in [2.05, 4.69) is 6.92 Å². The Labute approximate surface area is 223 Å². The Hall–Kier alpha value is -3.72. The number of carbonyl (C=O) groups excluding carboxylic acids is 2. The highest BCUT2D eigenvalue weighted by Crippen LogP contribution is 2.42. The standard InChI is InChI=1S/C29H36N2O7/c1-5-7-14-36-21-10-8-19(17-23(21)35-6-2)26-25(28(33)29(34)31(26)13-12-30(3)4)27(32)20-9-11-22-24(18-20)38-16-15-37-22/h8-11,17-18,26,32H,5-7,12-16H2,1-4H3/b27-25+. The predicted molar refractivity (Wildman–Crippen MR) is 140 cm³/mol. The van der Waals surface area contributed by atoms with E-state index in [1.54, 1.807) is 36.4 Å². The summed E-state index contributed by atoms with van der Waals surface area (Å²) in [7, 11) is 3.94. The van der Waals surface area contributed by atoms with Crippen molar-refractivity contribution in [2.24, 2.45) is 0 Å². The molecule has 0 aromatic heterocycles. The van der Waals surface area contributed by atoms with Crippen molar-refractivity contribution < 1.29 is 38.5 Å². The Kier molecular flexibility index (Phi) is 8.78. The van der Waals surface area contributed by atoms with Crippen molar-refractivity contribution in [3.8, 4) is 23.0 Å². The first kappa shape index (κ1) is 27.3. The zero-order valence-corrected chi connectivity index (χ0v) is 22.5. The molecule has 2 heterocycles. The van der Waals surface area contributed by atoms with Crippen LogP contribution < -0.4 is 29.0 Å². The molecule has 1 atom stereocenters. The van der Waals surface area contributed by atoms with Crippen molar-refractivity contribution in [2.75, 3.05) is 53.6 Å². The van der Waals surface area contributed by atoms with Crippen LogP contribution in [0.1, 0.15) is 43.9 Å². The third-order valence-electron chi connectivity index (χ3n) is 6.53. The minimum Gasteiger partial charge on any atom is -0.872 e. The molecule has 1 saturated heterocycles. The first-order chi connectivity index (χ1) is 18.3. The number of ketones is 1. The smallest absolute Gasteiger partial charge is 0.295 e. The zero-order valence-electron chi connectivity index (χ0n) is 22.5. The summed E-state index contributed by atoms with van der Waals surface area (Å²) in [5.41, 5.74) is 0.799. The van der Waals surface area contributed by atoms with Crippen LogP contribution in [0.4, 0.5) is 0 Å². The molecule has 9 nitrogen and oxygen atoms in total. The summed E-state index contributed by atoms with van der Waals surface area (Å²) in [4.78, 5) is 29.2. The van der Waals surface area contributed by atoms with Gasteiger partial charge in [-0.3, -0.25) is 9.59 Å². The number of carbonyl (C=O) groups is 2. The van der Waals surface area contributed by atoms with Gasteiger partial charge in [-0.1, -0.05) is 31.2 Å². The molecule has 4 rings (SSSR count). The third-order valence-corrected chi connectivity index (χ3v) is 6.53. The molecule has 2 aliphatic heterocycles. The van der Waals surface area contributed by atoms with Gasteiger partial charge in [0.05, 0.1) is 46.4 Å². The van der Waals surface area contributed by atoms with Crippen LogP contribution in [0, 0.1) is 0 Å². The molecule has 1 N–H and O–H groups in total. The number of benzene rings is 2. The van der Waals surface area contributed by atoms with Crippen LogP contribution in [0.3, 0.4) is 0 Å². The number of quaternary nitrogens is 1. The molecule has 0 radical (unpaired) electrons. The van der Waals surface area contributed by atoms with Crippen LogP contribution >= 0.6 is 0 Å². The van der Waals surface area contributed by atoms with E-state index in [0.717, 1.165) is 17.7 Å². The van der Waals surface area contributed by atoms with Gasteiger partial charge >= 0.3 is 0 Å². The van der Waals surface area contributed by atoms with Gasteiger partial charge in [0.1, 0.15) is 13.2 Å². The van der Waals surface area contributed by atoms with Crippen molar-refractivity contribution in [1.82, 2.24) is 4.90 Å². The lowest BCUT2D eigenvalue weighted by Crippen LogP contribution is -3.06. The lowest BCUT2D eigenvalue weighted by atomic mass is 9.94. The molecule has 2 aliphatic rings. The van der Waals surface area contributed by atoms with Gasteiger partial charge in [-0.15, -0.1) is 0 Å². The number of amides is 1. The fraction of sp³-hybridized carbons (Fsp3) is 0.448. The van der Waals surface area contributed by atoms with Crippen molar-refractivity contribution >= 4 is 17.4 Å². The van der Waals surface area contributed by atoms with Crippen LogP contribution in [0.2, 0.25) is 0 Å². The highest BCUT2D eigenvalue weighted by molar-refractivity contribution is 6.46. The molecule has 2 aromatic carbocycles. The van der Waals surface area contributed by atoms with Crippen LogP contribution in [0.5, 0.6) is 23.0 Å². The number of hydrogen-bond donors (Lipinski definition) is 1. The summed E-state index contributed by atoms with van der Waals surface area (Å²) in [6.07, 6.45) is 1.90. The lowest BCUT2D eigenvalue weighted by Gasteiger charge is -2.28. The van der Waals surface area contributed by atoms with Gasteiger partial charge in [-0.05, 0) is 48.7 Å². The molecule has 0 saturated carbocycles. The van der Waals surface area contributed by atoms with Crippen LogP contribution in [0.25, 0.3) is 5.76 Å². The number of nitrogens with zero attached hydrogens (tertiary/aromatic N) is 1. The normalized spacial score (nSPS) is 18.2. The number of fused-ring (bicyclic) bond motifs is 1. The number of likely N-dealkylation sites (N-methyl/N-ethyl adjacent to an activating group) is 1. The van der Waals surface area contributed by atoms with Crippen molar-refractivity contribution in [3.05, 3.63) is 53.1 Å². The number of Topliss-reactive ketones (excluding diaryl/α,β-unsaturated/α-hetero) is 1. The highest BCUT2D eigenvalue weighted by Gasteiger charge is 2.44. The van der Waals surface area contributed by atoms with Gasteiger partial charge in [0, 0.05) is 5.57 Å². The third kappa shape index (κ3) is 5.72.